The van der Waals surface area contributed by atoms with E-state index in [4.69, 9.17) is 23.2 Å². The van der Waals surface area contributed by atoms with E-state index in [1.165, 1.54) is 4.31 Å². The Morgan fingerprint density at radius 3 is 2.48 bits per heavy atom. The summed E-state index contributed by atoms with van der Waals surface area (Å²) in [6, 6.07) is 10.0. The van der Waals surface area contributed by atoms with Crippen LogP contribution in [0.3, 0.4) is 0 Å². The van der Waals surface area contributed by atoms with Gasteiger partial charge in [-0.1, -0.05) is 23.2 Å². The fourth-order valence-corrected chi connectivity index (χ4v) is 5.08. The van der Waals surface area contributed by atoms with Crippen molar-refractivity contribution in [3.05, 3.63) is 52.0 Å². The number of nitrogens with zero attached hydrogens (tertiary/aromatic N) is 1. The van der Waals surface area contributed by atoms with Crippen molar-refractivity contribution in [3.8, 4) is 0 Å². The molecule has 0 saturated heterocycles. The lowest BCUT2D eigenvalue weighted by atomic mass is 10.1. The summed E-state index contributed by atoms with van der Waals surface area (Å²) in [4.78, 5) is 31.0. The van der Waals surface area contributed by atoms with Gasteiger partial charge in [0.05, 0.1) is 6.42 Å². The molecule has 1 amide bonds. The second-order valence-electron chi connectivity index (χ2n) is 5.45. The SMILES string of the molecule is O=C1Cc2cc(N(CP(=O)(O)O)Sc3cc(Cl)cc(Cl)c3)ccc2N1. The lowest BCUT2D eigenvalue weighted by molar-refractivity contribution is -0.115. The first-order valence-electron chi connectivity index (χ1n) is 7.08. The molecule has 0 saturated carbocycles. The minimum absolute atomic E-state index is 0.108. The molecule has 3 N–H and O–H groups in total. The Hall–Kier alpha value is -1.21. The molecule has 25 heavy (non-hydrogen) atoms. The highest BCUT2D eigenvalue weighted by Crippen LogP contribution is 2.43. The quantitative estimate of drug-likeness (QED) is 0.499. The molecular weight excluding hydrogens is 406 g/mol. The van der Waals surface area contributed by atoms with Gasteiger partial charge in [-0.3, -0.25) is 13.7 Å². The summed E-state index contributed by atoms with van der Waals surface area (Å²) >= 11 is 13.1. The molecular formula is C15H13Cl2N2O4PS. The number of carbonyl (C=O) groups is 1. The Bertz CT molecular complexity index is 870. The topological polar surface area (TPSA) is 89.9 Å². The third-order valence-corrected chi connectivity index (χ3v) is 5.65. The van der Waals surface area contributed by atoms with Crippen molar-refractivity contribution in [2.75, 3.05) is 15.9 Å². The maximum Gasteiger partial charge on any atom is 0.345 e. The summed E-state index contributed by atoms with van der Waals surface area (Å²) in [5.41, 5.74) is 2.06. The van der Waals surface area contributed by atoms with E-state index in [1.54, 1.807) is 36.4 Å². The van der Waals surface area contributed by atoms with Gasteiger partial charge in [0, 0.05) is 26.3 Å². The van der Waals surface area contributed by atoms with Crippen LogP contribution < -0.4 is 9.62 Å². The standard InChI is InChI=1S/C15H13Cl2N2O4PS/c16-10-5-11(17)7-13(6-10)25-19(8-24(21,22)23)12-1-2-14-9(3-12)4-15(20)18-14/h1-3,5-7H,4,8H2,(H,18,20)(H2,21,22,23). The summed E-state index contributed by atoms with van der Waals surface area (Å²) in [5.74, 6) is -0.108. The van der Waals surface area contributed by atoms with Crippen molar-refractivity contribution < 1.29 is 19.1 Å². The molecule has 2 aromatic rings. The van der Waals surface area contributed by atoms with Gasteiger partial charge in [-0.15, -0.1) is 0 Å². The van der Waals surface area contributed by atoms with Crippen LogP contribution in [0.1, 0.15) is 5.56 Å². The molecule has 0 aromatic heterocycles. The zero-order chi connectivity index (χ0) is 18.2. The number of amides is 1. The van der Waals surface area contributed by atoms with Crippen molar-refractivity contribution in [1.29, 1.82) is 0 Å². The van der Waals surface area contributed by atoms with Crippen LogP contribution in [0, 0.1) is 0 Å². The fourth-order valence-electron chi connectivity index (χ4n) is 2.41. The number of fused-ring (bicyclic) bond motifs is 1. The van der Waals surface area contributed by atoms with Crippen LogP contribution in [-0.2, 0) is 15.8 Å². The second kappa shape index (κ2) is 7.19. The molecule has 3 rings (SSSR count). The maximum absolute atomic E-state index is 11.5. The van der Waals surface area contributed by atoms with Crippen LogP contribution in [0.25, 0.3) is 0 Å². The fraction of sp³-hybridized carbons (Fsp3) is 0.133. The molecule has 0 atom stereocenters. The highest BCUT2D eigenvalue weighted by Gasteiger charge is 2.24. The molecule has 132 valence electrons. The van der Waals surface area contributed by atoms with E-state index in [1.807, 2.05) is 0 Å². The van der Waals surface area contributed by atoms with Gasteiger partial charge in [-0.25, -0.2) is 0 Å². The summed E-state index contributed by atoms with van der Waals surface area (Å²) in [6.45, 7) is 0. The largest absolute Gasteiger partial charge is 0.345 e. The number of anilines is 2. The number of hydrogen-bond donors (Lipinski definition) is 3. The second-order valence-corrected chi connectivity index (χ2v) is 9.03. The van der Waals surface area contributed by atoms with Gasteiger partial charge in [0.2, 0.25) is 5.91 Å². The molecule has 2 aromatic carbocycles. The number of carbonyl (C=O) groups excluding carboxylic acids is 1. The van der Waals surface area contributed by atoms with Gasteiger partial charge in [0.25, 0.3) is 0 Å². The average molecular weight is 419 g/mol. The van der Waals surface area contributed by atoms with Gasteiger partial charge in [-0.05, 0) is 53.9 Å². The first-order valence-corrected chi connectivity index (χ1v) is 10.4. The molecule has 1 aliphatic rings. The predicted molar refractivity (Wildman–Crippen MR) is 100 cm³/mol. The van der Waals surface area contributed by atoms with E-state index in [0.717, 1.165) is 17.5 Å². The molecule has 0 unspecified atom stereocenters. The first-order chi connectivity index (χ1) is 11.7. The van der Waals surface area contributed by atoms with E-state index in [9.17, 15) is 19.1 Å². The van der Waals surface area contributed by atoms with Crippen LogP contribution in [-0.4, -0.2) is 22.0 Å². The smallest absolute Gasteiger partial charge is 0.326 e. The van der Waals surface area contributed by atoms with Crippen molar-refractivity contribution in [2.24, 2.45) is 0 Å². The monoisotopic (exact) mass is 418 g/mol. The normalized spacial score (nSPS) is 13.5. The van der Waals surface area contributed by atoms with Crippen LogP contribution >= 0.6 is 42.7 Å². The molecule has 0 radical (unpaired) electrons. The predicted octanol–water partition coefficient (Wildman–Crippen LogP) is 4.14. The zero-order valence-electron chi connectivity index (χ0n) is 12.6. The summed E-state index contributed by atoms with van der Waals surface area (Å²) in [7, 11) is -4.32. The molecule has 1 aliphatic heterocycles. The zero-order valence-corrected chi connectivity index (χ0v) is 15.9. The van der Waals surface area contributed by atoms with Crippen LogP contribution in [0.15, 0.2) is 41.3 Å². The number of nitrogens with one attached hydrogen (secondary N) is 1. The van der Waals surface area contributed by atoms with Gasteiger partial charge in [0.15, 0.2) is 0 Å². The maximum atomic E-state index is 11.5. The van der Waals surface area contributed by atoms with Crippen LogP contribution in [0.4, 0.5) is 11.4 Å². The Labute approximate surface area is 158 Å². The van der Waals surface area contributed by atoms with Gasteiger partial charge in [-0.2, -0.15) is 0 Å². The summed E-state index contributed by atoms with van der Waals surface area (Å²) < 4.78 is 13.0. The third kappa shape index (κ3) is 4.91. The molecule has 0 aliphatic carbocycles. The van der Waals surface area contributed by atoms with Gasteiger partial charge < -0.3 is 15.1 Å². The molecule has 0 spiro atoms. The van der Waals surface area contributed by atoms with Gasteiger partial charge >= 0.3 is 7.60 Å². The highest BCUT2D eigenvalue weighted by atomic mass is 35.5. The number of halogens is 2. The minimum atomic E-state index is -4.32. The highest BCUT2D eigenvalue weighted by molar-refractivity contribution is 8.01. The average Bonchev–Trinajstić information content (AvgIpc) is 2.83. The first kappa shape index (κ1) is 18.6. The molecule has 10 heteroatoms. The van der Waals surface area contributed by atoms with Crippen LogP contribution in [0.2, 0.25) is 10.0 Å². The number of rotatable bonds is 5. The van der Waals surface area contributed by atoms with E-state index in [2.05, 4.69) is 5.32 Å². The summed E-state index contributed by atoms with van der Waals surface area (Å²) in [5, 5.41) is 3.58. The number of benzene rings is 2. The Balaban J connectivity index is 1.94. The van der Waals surface area contributed by atoms with Gasteiger partial charge in [0.1, 0.15) is 6.29 Å². The van der Waals surface area contributed by atoms with Crippen molar-refractivity contribution in [1.82, 2.24) is 0 Å². The Morgan fingerprint density at radius 1 is 1.16 bits per heavy atom. The number of hydrogen-bond acceptors (Lipinski definition) is 4. The van der Waals surface area contributed by atoms with E-state index >= 15 is 0 Å². The van der Waals surface area contributed by atoms with E-state index in [-0.39, 0.29) is 12.3 Å². The van der Waals surface area contributed by atoms with Crippen molar-refractivity contribution in [2.45, 2.75) is 11.3 Å². The lowest BCUT2D eigenvalue weighted by Crippen LogP contribution is -2.16. The molecule has 0 fully saturated rings. The Kier molecular flexibility index (Phi) is 5.34. The molecule has 6 nitrogen and oxygen atoms in total. The Morgan fingerprint density at radius 2 is 1.84 bits per heavy atom. The van der Waals surface area contributed by atoms with Crippen molar-refractivity contribution >= 4 is 60.0 Å². The van der Waals surface area contributed by atoms with E-state index < -0.39 is 13.9 Å². The van der Waals surface area contributed by atoms with Crippen LogP contribution in [0.5, 0.6) is 0 Å². The van der Waals surface area contributed by atoms with E-state index in [0.29, 0.717) is 26.3 Å². The minimum Gasteiger partial charge on any atom is -0.326 e. The molecule has 1 heterocycles. The van der Waals surface area contributed by atoms with Crippen molar-refractivity contribution in [3.63, 3.8) is 0 Å². The summed E-state index contributed by atoms with van der Waals surface area (Å²) in [6.07, 6.45) is -0.261. The molecule has 0 bridgehead atoms. The third-order valence-electron chi connectivity index (χ3n) is 3.37. The lowest BCUT2D eigenvalue weighted by Gasteiger charge is -2.24.